The van der Waals surface area contributed by atoms with Crippen LogP contribution < -0.4 is 11.1 Å². The summed E-state index contributed by atoms with van der Waals surface area (Å²) in [6, 6.07) is 14.4. The van der Waals surface area contributed by atoms with Crippen molar-refractivity contribution in [3.8, 4) is 0 Å². The Hall–Kier alpha value is -1.23. The molecule has 0 aromatic heterocycles. The lowest BCUT2D eigenvalue weighted by molar-refractivity contribution is 0.867. The van der Waals surface area contributed by atoms with Crippen LogP contribution in [0.3, 0.4) is 0 Å². The van der Waals surface area contributed by atoms with E-state index in [9.17, 15) is 0 Å². The maximum atomic E-state index is 5.75. The van der Waals surface area contributed by atoms with Crippen molar-refractivity contribution in [2.24, 2.45) is 0 Å². The summed E-state index contributed by atoms with van der Waals surface area (Å²) in [5, 5.41) is 3.43. The highest BCUT2D eigenvalue weighted by Crippen LogP contribution is 2.26. The molecule has 0 unspecified atom stereocenters. The third-order valence-corrected chi connectivity index (χ3v) is 3.72. The Labute approximate surface area is 122 Å². The topological polar surface area (TPSA) is 38.0 Å². The fourth-order valence-corrected chi connectivity index (χ4v) is 2.44. The minimum Gasteiger partial charge on any atom is -0.399 e. The molecule has 0 atom stereocenters. The second-order valence-electron chi connectivity index (χ2n) is 4.64. The van der Waals surface area contributed by atoms with Gasteiger partial charge in [0.05, 0.1) is 5.69 Å². The standard InChI is InChI=1S/C15H17IN2/c1-10(2)11-4-3-5-13(8-11)18-15-7-6-12(17)9-14(15)16/h3-10,18H,17H2,1-2H3. The van der Waals surface area contributed by atoms with Gasteiger partial charge in [0.15, 0.2) is 0 Å². The second kappa shape index (κ2) is 5.61. The van der Waals surface area contributed by atoms with Gasteiger partial charge in [-0.25, -0.2) is 0 Å². The molecule has 0 aliphatic rings. The van der Waals surface area contributed by atoms with Crippen molar-refractivity contribution >= 4 is 39.7 Å². The first kappa shape index (κ1) is 13.2. The summed E-state index contributed by atoms with van der Waals surface area (Å²) in [4.78, 5) is 0. The summed E-state index contributed by atoms with van der Waals surface area (Å²) in [7, 11) is 0. The van der Waals surface area contributed by atoms with Crippen molar-refractivity contribution < 1.29 is 0 Å². The van der Waals surface area contributed by atoms with E-state index in [2.05, 4.69) is 66.0 Å². The van der Waals surface area contributed by atoms with Crippen LogP contribution in [0.4, 0.5) is 17.1 Å². The van der Waals surface area contributed by atoms with Gasteiger partial charge < -0.3 is 11.1 Å². The molecule has 2 aromatic rings. The minimum absolute atomic E-state index is 0.539. The van der Waals surface area contributed by atoms with Crippen molar-refractivity contribution in [3.63, 3.8) is 0 Å². The number of nitrogen functional groups attached to an aromatic ring is 1. The number of benzene rings is 2. The molecule has 0 saturated heterocycles. The third kappa shape index (κ3) is 3.16. The molecule has 94 valence electrons. The lowest BCUT2D eigenvalue weighted by Gasteiger charge is -2.12. The zero-order chi connectivity index (χ0) is 13.1. The van der Waals surface area contributed by atoms with Gasteiger partial charge in [-0.15, -0.1) is 0 Å². The average Bonchev–Trinajstić information content (AvgIpc) is 2.33. The summed E-state index contributed by atoms with van der Waals surface area (Å²) in [5.41, 5.74) is 10.1. The van der Waals surface area contributed by atoms with Crippen LogP contribution in [0.2, 0.25) is 0 Å². The largest absolute Gasteiger partial charge is 0.399 e. The number of halogens is 1. The molecule has 0 aliphatic carbocycles. The molecule has 0 radical (unpaired) electrons. The quantitative estimate of drug-likeness (QED) is 0.619. The van der Waals surface area contributed by atoms with Crippen LogP contribution in [0.1, 0.15) is 25.3 Å². The molecule has 18 heavy (non-hydrogen) atoms. The number of rotatable bonds is 3. The maximum Gasteiger partial charge on any atom is 0.0521 e. The van der Waals surface area contributed by atoms with Gasteiger partial charge in [-0.05, 0) is 64.4 Å². The second-order valence-corrected chi connectivity index (χ2v) is 5.81. The van der Waals surface area contributed by atoms with Crippen molar-refractivity contribution in [1.29, 1.82) is 0 Å². The van der Waals surface area contributed by atoms with E-state index in [-0.39, 0.29) is 0 Å². The molecule has 0 heterocycles. The summed E-state index contributed by atoms with van der Waals surface area (Å²) in [6.07, 6.45) is 0. The highest BCUT2D eigenvalue weighted by Gasteiger charge is 2.03. The normalized spacial score (nSPS) is 10.7. The van der Waals surface area contributed by atoms with E-state index in [1.54, 1.807) is 0 Å². The molecule has 2 aromatic carbocycles. The Morgan fingerprint density at radius 3 is 2.56 bits per heavy atom. The van der Waals surface area contributed by atoms with Crippen LogP contribution in [0, 0.1) is 3.57 Å². The predicted molar refractivity (Wildman–Crippen MR) is 87.4 cm³/mol. The fraction of sp³-hybridized carbons (Fsp3) is 0.200. The summed E-state index contributed by atoms with van der Waals surface area (Å²) < 4.78 is 1.13. The molecular formula is C15H17IN2. The van der Waals surface area contributed by atoms with Crippen LogP contribution >= 0.6 is 22.6 Å². The molecule has 2 rings (SSSR count). The summed E-state index contributed by atoms with van der Waals surface area (Å²) >= 11 is 2.29. The van der Waals surface area contributed by atoms with Gasteiger partial charge in [0.25, 0.3) is 0 Å². The third-order valence-electron chi connectivity index (χ3n) is 2.83. The molecule has 0 spiro atoms. The Morgan fingerprint density at radius 2 is 1.89 bits per heavy atom. The Balaban J connectivity index is 2.25. The number of nitrogens with two attached hydrogens (primary N) is 1. The van der Waals surface area contributed by atoms with E-state index < -0.39 is 0 Å². The van der Waals surface area contributed by atoms with Crippen LogP contribution in [0.15, 0.2) is 42.5 Å². The molecule has 3 heteroatoms. The molecule has 0 amide bonds. The first-order valence-electron chi connectivity index (χ1n) is 5.98. The van der Waals surface area contributed by atoms with Gasteiger partial charge >= 0.3 is 0 Å². The van der Waals surface area contributed by atoms with E-state index >= 15 is 0 Å². The van der Waals surface area contributed by atoms with Crippen molar-refractivity contribution in [1.82, 2.24) is 0 Å². The molecule has 0 fully saturated rings. The Bertz CT molecular complexity index is 550. The van der Waals surface area contributed by atoms with Crippen LogP contribution in [0.25, 0.3) is 0 Å². The fourth-order valence-electron chi connectivity index (χ4n) is 1.76. The van der Waals surface area contributed by atoms with E-state index in [4.69, 9.17) is 5.73 Å². The minimum atomic E-state index is 0.539. The van der Waals surface area contributed by atoms with Crippen LogP contribution in [-0.2, 0) is 0 Å². The van der Waals surface area contributed by atoms with Gasteiger partial charge in [0.1, 0.15) is 0 Å². The first-order valence-corrected chi connectivity index (χ1v) is 7.06. The molecule has 0 aliphatic heterocycles. The molecular weight excluding hydrogens is 335 g/mol. The lowest BCUT2D eigenvalue weighted by Crippen LogP contribution is -1.96. The molecule has 0 saturated carbocycles. The number of hydrogen-bond acceptors (Lipinski definition) is 2. The van der Waals surface area contributed by atoms with E-state index in [0.717, 1.165) is 20.6 Å². The lowest BCUT2D eigenvalue weighted by atomic mass is 10.0. The van der Waals surface area contributed by atoms with Gasteiger partial charge in [-0.2, -0.15) is 0 Å². The van der Waals surface area contributed by atoms with E-state index in [1.165, 1.54) is 5.56 Å². The maximum absolute atomic E-state index is 5.75. The van der Waals surface area contributed by atoms with E-state index in [1.807, 2.05) is 18.2 Å². The Morgan fingerprint density at radius 1 is 1.11 bits per heavy atom. The number of anilines is 3. The van der Waals surface area contributed by atoms with Crippen molar-refractivity contribution in [2.75, 3.05) is 11.1 Å². The summed E-state index contributed by atoms with van der Waals surface area (Å²) in [6.45, 7) is 4.40. The highest BCUT2D eigenvalue weighted by atomic mass is 127. The molecule has 3 N–H and O–H groups in total. The predicted octanol–water partition coefficient (Wildman–Crippen LogP) is 4.74. The van der Waals surface area contributed by atoms with Crippen LogP contribution in [0.5, 0.6) is 0 Å². The monoisotopic (exact) mass is 352 g/mol. The Kier molecular flexibility index (Phi) is 4.11. The highest BCUT2D eigenvalue weighted by molar-refractivity contribution is 14.1. The number of hydrogen-bond donors (Lipinski definition) is 2. The SMILES string of the molecule is CC(C)c1cccc(Nc2ccc(N)cc2I)c1. The average molecular weight is 352 g/mol. The zero-order valence-electron chi connectivity index (χ0n) is 10.6. The van der Waals surface area contributed by atoms with Gasteiger partial charge in [-0.1, -0.05) is 26.0 Å². The molecule has 0 bridgehead atoms. The molecule has 2 nitrogen and oxygen atoms in total. The van der Waals surface area contributed by atoms with Crippen molar-refractivity contribution in [3.05, 3.63) is 51.6 Å². The van der Waals surface area contributed by atoms with Gasteiger partial charge in [0, 0.05) is 14.9 Å². The van der Waals surface area contributed by atoms with Crippen molar-refractivity contribution in [2.45, 2.75) is 19.8 Å². The zero-order valence-corrected chi connectivity index (χ0v) is 12.7. The first-order chi connectivity index (χ1) is 8.56. The smallest absolute Gasteiger partial charge is 0.0521 e. The van der Waals surface area contributed by atoms with Gasteiger partial charge in [0.2, 0.25) is 0 Å². The van der Waals surface area contributed by atoms with Gasteiger partial charge in [-0.3, -0.25) is 0 Å². The van der Waals surface area contributed by atoms with E-state index in [0.29, 0.717) is 5.92 Å². The van der Waals surface area contributed by atoms with Crippen LogP contribution in [-0.4, -0.2) is 0 Å². The summed E-state index contributed by atoms with van der Waals surface area (Å²) in [5.74, 6) is 0.539. The number of nitrogens with one attached hydrogen (secondary N) is 1.